The van der Waals surface area contributed by atoms with Crippen LogP contribution in [-0.4, -0.2) is 42.3 Å². The van der Waals surface area contributed by atoms with Crippen LogP contribution >= 0.6 is 23.4 Å². The minimum absolute atomic E-state index is 0.0964. The van der Waals surface area contributed by atoms with Gasteiger partial charge in [-0.15, -0.1) is 11.8 Å². The molecule has 1 aromatic rings. The summed E-state index contributed by atoms with van der Waals surface area (Å²) >= 11 is 6.78. The number of carbonyl (C=O) groups excluding carboxylic acids is 1. The van der Waals surface area contributed by atoms with Crippen molar-refractivity contribution in [3.63, 3.8) is 0 Å². The van der Waals surface area contributed by atoms with Crippen molar-refractivity contribution in [3.8, 4) is 0 Å². The second-order valence-corrected chi connectivity index (χ2v) is 9.16. The maximum atomic E-state index is 13.3. The van der Waals surface area contributed by atoms with Gasteiger partial charge in [0.05, 0.1) is 16.3 Å². The van der Waals surface area contributed by atoms with Gasteiger partial charge >= 0.3 is 6.18 Å². The second-order valence-electron chi connectivity index (χ2n) is 5.86. The molecule has 1 aromatic carbocycles. The number of nitrogens with one attached hydrogen (secondary N) is 1. The molecule has 0 spiro atoms. The molecule has 2 atom stereocenters. The molecule has 1 saturated heterocycles. The number of carbonyl (C=O) groups is 1. The topological polar surface area (TPSA) is 66.5 Å². The predicted molar refractivity (Wildman–Crippen MR) is 94.5 cm³/mol. The van der Waals surface area contributed by atoms with Crippen LogP contribution in [0.4, 0.5) is 13.2 Å². The number of halogens is 4. The van der Waals surface area contributed by atoms with Gasteiger partial charge in [0.1, 0.15) is 6.04 Å². The van der Waals surface area contributed by atoms with Gasteiger partial charge in [-0.25, -0.2) is 8.42 Å². The summed E-state index contributed by atoms with van der Waals surface area (Å²) in [5.74, 6) is -0.437. The Morgan fingerprint density at radius 1 is 1.46 bits per heavy atom. The van der Waals surface area contributed by atoms with Gasteiger partial charge < -0.3 is 5.32 Å². The molecule has 1 heterocycles. The van der Waals surface area contributed by atoms with Crippen LogP contribution in [0.25, 0.3) is 0 Å². The van der Waals surface area contributed by atoms with Gasteiger partial charge in [-0.3, -0.25) is 4.79 Å². The van der Waals surface area contributed by atoms with E-state index >= 15 is 0 Å². The lowest BCUT2D eigenvalue weighted by atomic mass is 10.2. The maximum absolute atomic E-state index is 13.3. The highest BCUT2D eigenvalue weighted by Gasteiger charge is 2.44. The van der Waals surface area contributed by atoms with Gasteiger partial charge in [0.2, 0.25) is 15.9 Å². The fourth-order valence-electron chi connectivity index (χ4n) is 2.39. The highest BCUT2D eigenvalue weighted by atomic mass is 35.5. The molecule has 2 rings (SSSR count). The molecule has 1 aliphatic heterocycles. The summed E-state index contributed by atoms with van der Waals surface area (Å²) in [6.07, 6.45) is -4.25. The van der Waals surface area contributed by atoms with Crippen LogP contribution in [-0.2, 0) is 21.0 Å². The quantitative estimate of drug-likeness (QED) is 0.778. The first-order valence-electron chi connectivity index (χ1n) is 7.75. The van der Waals surface area contributed by atoms with Crippen LogP contribution in [0, 0.1) is 0 Å². The Labute approximate surface area is 159 Å². The van der Waals surface area contributed by atoms with Crippen molar-refractivity contribution < 1.29 is 26.4 Å². The van der Waals surface area contributed by atoms with Gasteiger partial charge in [0.25, 0.3) is 0 Å². The number of alkyl halides is 3. The zero-order valence-corrected chi connectivity index (χ0v) is 16.4. The number of thioether (sulfide) groups is 1. The Kier molecular flexibility index (Phi) is 6.53. The molecule has 26 heavy (non-hydrogen) atoms. The van der Waals surface area contributed by atoms with Gasteiger partial charge in [0.15, 0.2) is 0 Å². The molecule has 5 nitrogen and oxygen atoms in total. The average Bonchev–Trinajstić information content (AvgIpc) is 3.04. The fraction of sp³-hybridized carbons (Fsp3) is 0.533. The molecule has 1 amide bonds. The van der Waals surface area contributed by atoms with E-state index in [1.165, 1.54) is 11.8 Å². The smallest absolute Gasteiger partial charge is 0.352 e. The number of sulfonamides is 1. The Balaban J connectivity index is 2.42. The highest BCUT2D eigenvalue weighted by molar-refractivity contribution is 8.00. The number of hydrogen-bond acceptors (Lipinski definition) is 4. The summed E-state index contributed by atoms with van der Waals surface area (Å²) in [6.45, 7) is 3.62. The minimum atomic E-state index is -4.89. The number of nitrogens with zero attached hydrogens (tertiary/aromatic N) is 1. The molecule has 2 unspecified atom stereocenters. The van der Waals surface area contributed by atoms with E-state index in [4.69, 9.17) is 11.6 Å². The average molecular weight is 431 g/mol. The number of amides is 1. The number of hydrogen-bond donors (Lipinski definition) is 1. The summed E-state index contributed by atoms with van der Waals surface area (Å²) in [6, 6.07) is 1.26. The largest absolute Gasteiger partial charge is 0.417 e. The lowest BCUT2D eigenvalue weighted by Crippen LogP contribution is -2.49. The van der Waals surface area contributed by atoms with Crippen molar-refractivity contribution in [2.24, 2.45) is 0 Å². The van der Waals surface area contributed by atoms with E-state index in [9.17, 15) is 26.4 Å². The van der Waals surface area contributed by atoms with Crippen LogP contribution in [0.15, 0.2) is 23.1 Å². The van der Waals surface area contributed by atoms with Crippen molar-refractivity contribution in [3.05, 3.63) is 28.8 Å². The van der Waals surface area contributed by atoms with Crippen LogP contribution in [0.2, 0.25) is 5.02 Å². The van der Waals surface area contributed by atoms with E-state index in [-0.39, 0.29) is 22.7 Å². The molecule has 1 aliphatic rings. The van der Waals surface area contributed by atoms with Gasteiger partial charge in [-0.2, -0.15) is 17.5 Å². The predicted octanol–water partition coefficient (Wildman–Crippen LogP) is 3.34. The molecular formula is C15H18ClF3N2O3S2. The lowest BCUT2D eigenvalue weighted by Gasteiger charge is -2.25. The van der Waals surface area contributed by atoms with E-state index < -0.39 is 38.6 Å². The number of rotatable bonds is 5. The first-order valence-corrected chi connectivity index (χ1v) is 10.7. The molecule has 0 saturated carbocycles. The highest BCUT2D eigenvalue weighted by Crippen LogP contribution is 2.38. The summed E-state index contributed by atoms with van der Waals surface area (Å²) in [5.41, 5.74) is -1.34. The lowest BCUT2D eigenvalue weighted by molar-refractivity contribution is -0.139. The first-order chi connectivity index (χ1) is 12.0. The summed E-state index contributed by atoms with van der Waals surface area (Å²) < 4.78 is 66.4. The Hall–Kier alpha value is -0.970. The van der Waals surface area contributed by atoms with Crippen LogP contribution < -0.4 is 5.32 Å². The third-order valence-corrected chi connectivity index (χ3v) is 7.30. The molecule has 0 bridgehead atoms. The van der Waals surface area contributed by atoms with E-state index in [1.807, 2.05) is 6.92 Å². The molecule has 0 radical (unpaired) electrons. The molecule has 11 heteroatoms. The zero-order chi connectivity index (χ0) is 19.7. The third-order valence-electron chi connectivity index (χ3n) is 3.98. The molecule has 0 aromatic heterocycles. The summed E-state index contributed by atoms with van der Waals surface area (Å²) in [7, 11) is -4.53. The minimum Gasteiger partial charge on any atom is -0.352 e. The molecule has 1 N–H and O–H groups in total. The summed E-state index contributed by atoms with van der Waals surface area (Å²) in [4.78, 5) is 11.5. The molecule has 146 valence electrons. The molecular weight excluding hydrogens is 413 g/mol. The third kappa shape index (κ3) is 4.47. The van der Waals surface area contributed by atoms with Gasteiger partial charge in [-0.05, 0) is 31.5 Å². The normalized spacial score (nSPS) is 20.2. The van der Waals surface area contributed by atoms with Crippen molar-refractivity contribution in [2.75, 3.05) is 11.6 Å². The SMILES string of the molecule is CCC(C)NC(=O)C1CSCN1S(=O)(=O)c1ccc(Cl)cc1C(F)(F)F. The van der Waals surface area contributed by atoms with E-state index in [1.54, 1.807) is 6.92 Å². The van der Waals surface area contributed by atoms with Crippen LogP contribution in [0.3, 0.4) is 0 Å². The van der Waals surface area contributed by atoms with E-state index in [2.05, 4.69) is 5.32 Å². The van der Waals surface area contributed by atoms with E-state index in [0.717, 1.165) is 16.4 Å². The standard InChI is InChI=1S/C15H18ClF3N2O3S2/c1-3-9(2)20-14(22)12-7-25-8-21(12)26(23,24)13-5-4-10(16)6-11(13)15(17,18)19/h4-6,9,12H,3,7-8H2,1-2H3,(H,20,22). The maximum Gasteiger partial charge on any atom is 0.417 e. The first kappa shape index (κ1) is 21.3. The fourth-order valence-corrected chi connectivity index (χ4v) is 5.90. The van der Waals surface area contributed by atoms with Crippen molar-refractivity contribution in [1.82, 2.24) is 9.62 Å². The monoisotopic (exact) mass is 430 g/mol. The van der Waals surface area contributed by atoms with Gasteiger partial charge in [0, 0.05) is 16.8 Å². The van der Waals surface area contributed by atoms with Crippen LogP contribution in [0.1, 0.15) is 25.8 Å². The molecule has 1 fully saturated rings. The Morgan fingerprint density at radius 2 is 2.12 bits per heavy atom. The second kappa shape index (κ2) is 7.95. The van der Waals surface area contributed by atoms with Gasteiger partial charge in [-0.1, -0.05) is 18.5 Å². The van der Waals surface area contributed by atoms with E-state index in [0.29, 0.717) is 12.5 Å². The van der Waals surface area contributed by atoms with Crippen molar-refractivity contribution in [1.29, 1.82) is 0 Å². The zero-order valence-electron chi connectivity index (χ0n) is 14.0. The Morgan fingerprint density at radius 3 is 2.69 bits per heavy atom. The summed E-state index contributed by atoms with van der Waals surface area (Å²) in [5, 5.41) is 2.45. The number of benzene rings is 1. The molecule has 0 aliphatic carbocycles. The van der Waals surface area contributed by atoms with Crippen LogP contribution in [0.5, 0.6) is 0 Å². The van der Waals surface area contributed by atoms with Crippen molar-refractivity contribution in [2.45, 2.75) is 43.4 Å². The Bertz CT molecular complexity index is 787. The van der Waals surface area contributed by atoms with Crippen molar-refractivity contribution >= 4 is 39.3 Å².